The Hall–Kier alpha value is -4.93. The fourth-order valence-corrected chi connectivity index (χ4v) is 5.80. The maximum Gasteiger partial charge on any atom is 0.363 e. The Kier molecular flexibility index (Phi) is 7.71. The van der Waals surface area contributed by atoms with Crippen LogP contribution in [0.4, 0.5) is 5.69 Å². The molecule has 2 heterocycles. The fourth-order valence-electron chi connectivity index (χ4n) is 5.27. The third-order valence-corrected chi connectivity index (χ3v) is 8.08. The molecule has 1 saturated heterocycles. The van der Waals surface area contributed by atoms with E-state index in [2.05, 4.69) is 5.32 Å². The van der Waals surface area contributed by atoms with E-state index in [4.69, 9.17) is 28.0 Å². The average Bonchev–Trinajstić information content (AvgIpc) is 3.33. The number of phenols is 1. The second kappa shape index (κ2) is 11.6. The van der Waals surface area contributed by atoms with Crippen LogP contribution in [0.15, 0.2) is 66.7 Å². The molecule has 0 aliphatic carbocycles. The Labute approximate surface area is 260 Å². The number of carbonyl (C=O) groups is 5. The van der Waals surface area contributed by atoms with Crippen molar-refractivity contribution >= 4 is 69.3 Å². The Bertz CT molecular complexity index is 1830. The summed E-state index contributed by atoms with van der Waals surface area (Å²) in [6, 6.07) is 18.1. The van der Waals surface area contributed by atoms with Gasteiger partial charge in [-0.3, -0.25) is 24.1 Å². The molecule has 0 aromatic heterocycles. The Morgan fingerprint density at radius 1 is 0.841 bits per heavy atom. The lowest BCUT2D eigenvalue weighted by Crippen LogP contribution is -2.39. The largest absolute Gasteiger partial charge is 0.505 e. The summed E-state index contributed by atoms with van der Waals surface area (Å²) in [7, 11) is 0. The van der Waals surface area contributed by atoms with E-state index in [0.717, 1.165) is 21.5 Å². The van der Waals surface area contributed by atoms with Gasteiger partial charge < -0.3 is 15.3 Å². The first-order chi connectivity index (χ1) is 21.1. The van der Waals surface area contributed by atoms with Crippen molar-refractivity contribution in [1.29, 1.82) is 0 Å². The predicted molar refractivity (Wildman–Crippen MR) is 161 cm³/mol. The first-order valence-electron chi connectivity index (χ1n) is 13.6. The zero-order chi connectivity index (χ0) is 31.1. The molecule has 0 saturated carbocycles. The molecule has 4 amide bonds. The number of rotatable bonds is 8. The number of amides is 4. The molecule has 4 aromatic rings. The summed E-state index contributed by atoms with van der Waals surface area (Å²) < 4.78 is 0. The summed E-state index contributed by atoms with van der Waals surface area (Å²) in [5, 5.41) is 15.2. The van der Waals surface area contributed by atoms with Gasteiger partial charge in [-0.2, -0.15) is 0 Å². The molecule has 2 N–H and O–H groups in total. The number of hydroxylamine groups is 2. The number of anilines is 1. The van der Waals surface area contributed by atoms with E-state index < -0.39 is 29.6 Å². The minimum absolute atomic E-state index is 0.00985. The topological polar surface area (TPSA) is 133 Å². The molecule has 222 valence electrons. The quantitative estimate of drug-likeness (QED) is 0.243. The monoisotopic (exact) mass is 631 g/mol. The Morgan fingerprint density at radius 2 is 1.48 bits per heavy atom. The van der Waals surface area contributed by atoms with Crippen LogP contribution in [-0.4, -0.2) is 51.2 Å². The van der Waals surface area contributed by atoms with Gasteiger partial charge in [-0.25, -0.2) is 4.79 Å². The highest BCUT2D eigenvalue weighted by atomic mass is 35.5. The van der Waals surface area contributed by atoms with Gasteiger partial charge in [0, 0.05) is 47.0 Å². The molecule has 10 nitrogen and oxygen atoms in total. The van der Waals surface area contributed by atoms with Crippen LogP contribution in [-0.2, 0) is 27.4 Å². The van der Waals surface area contributed by atoms with Gasteiger partial charge in [0.25, 0.3) is 23.6 Å². The van der Waals surface area contributed by atoms with Crippen LogP contribution in [0, 0.1) is 0 Å². The molecule has 0 spiro atoms. The third kappa shape index (κ3) is 5.34. The minimum Gasteiger partial charge on any atom is -0.505 e. The van der Waals surface area contributed by atoms with E-state index >= 15 is 0 Å². The predicted octanol–water partition coefficient (Wildman–Crippen LogP) is 5.52. The number of hydrogen-bond donors (Lipinski definition) is 2. The van der Waals surface area contributed by atoms with Gasteiger partial charge in [0.05, 0.1) is 22.2 Å². The van der Waals surface area contributed by atoms with Crippen LogP contribution in [0.5, 0.6) is 5.75 Å². The van der Waals surface area contributed by atoms with Crippen molar-refractivity contribution in [2.75, 3.05) is 11.9 Å². The molecule has 0 unspecified atom stereocenters. The summed E-state index contributed by atoms with van der Waals surface area (Å²) in [6.45, 7) is 0.460. The second-order valence-electron chi connectivity index (χ2n) is 10.3. The van der Waals surface area contributed by atoms with Crippen LogP contribution in [0.2, 0.25) is 10.0 Å². The van der Waals surface area contributed by atoms with Gasteiger partial charge in [0.15, 0.2) is 5.75 Å². The molecular formula is C32H23Cl2N3O7. The fraction of sp³-hybridized carbons (Fsp3) is 0.156. The van der Waals surface area contributed by atoms with E-state index in [-0.39, 0.29) is 40.7 Å². The van der Waals surface area contributed by atoms with Gasteiger partial charge in [-0.05, 0) is 60.0 Å². The van der Waals surface area contributed by atoms with Crippen LogP contribution in [0.1, 0.15) is 55.0 Å². The zero-order valence-electron chi connectivity index (χ0n) is 22.9. The molecule has 0 radical (unpaired) electrons. The minimum atomic E-state index is -0.869. The number of nitrogens with zero attached hydrogens (tertiary/aromatic N) is 2. The van der Waals surface area contributed by atoms with Gasteiger partial charge in [0.1, 0.15) is 0 Å². The van der Waals surface area contributed by atoms with Crippen molar-refractivity contribution in [1.82, 2.24) is 9.96 Å². The molecule has 6 rings (SSSR count). The number of halogens is 2. The summed E-state index contributed by atoms with van der Waals surface area (Å²) in [4.78, 5) is 69.1. The average molecular weight is 632 g/mol. The number of benzene rings is 4. The smallest absolute Gasteiger partial charge is 0.363 e. The lowest BCUT2D eigenvalue weighted by molar-refractivity contribution is -0.172. The molecule has 0 bridgehead atoms. The lowest BCUT2D eigenvalue weighted by Gasteiger charge is -2.28. The van der Waals surface area contributed by atoms with Gasteiger partial charge in [0.2, 0.25) is 0 Å². The van der Waals surface area contributed by atoms with E-state index in [1.165, 1.54) is 12.1 Å². The number of nitrogens with one attached hydrogen (secondary N) is 1. The molecular weight excluding hydrogens is 609 g/mol. The third-order valence-electron chi connectivity index (χ3n) is 7.51. The van der Waals surface area contributed by atoms with Gasteiger partial charge >= 0.3 is 5.97 Å². The number of carbonyl (C=O) groups excluding carboxylic acids is 5. The van der Waals surface area contributed by atoms with Crippen molar-refractivity contribution in [2.45, 2.75) is 25.8 Å². The van der Waals surface area contributed by atoms with Crippen molar-refractivity contribution in [3.05, 3.63) is 105 Å². The van der Waals surface area contributed by atoms with Gasteiger partial charge in [-0.1, -0.05) is 47.5 Å². The highest BCUT2D eigenvalue weighted by molar-refractivity contribution is 6.37. The SMILES string of the molecule is O=C(ON1C(=O)CCC1=O)c1ccc(CN2C(=O)c3cccc4c(NCCc5cc(Cl)c(O)c(Cl)c5)ccc(c34)C2=O)cc1. The van der Waals surface area contributed by atoms with Crippen molar-refractivity contribution in [3.63, 3.8) is 0 Å². The van der Waals surface area contributed by atoms with E-state index in [1.54, 1.807) is 48.5 Å². The molecule has 4 aromatic carbocycles. The number of hydrogen-bond acceptors (Lipinski definition) is 8. The van der Waals surface area contributed by atoms with Crippen molar-refractivity contribution in [2.24, 2.45) is 0 Å². The summed E-state index contributed by atoms with van der Waals surface area (Å²) in [6.07, 6.45) is 0.535. The van der Waals surface area contributed by atoms with Gasteiger partial charge in [-0.15, -0.1) is 5.06 Å². The summed E-state index contributed by atoms with van der Waals surface area (Å²) >= 11 is 12.1. The van der Waals surface area contributed by atoms with Crippen LogP contribution < -0.4 is 5.32 Å². The summed E-state index contributed by atoms with van der Waals surface area (Å²) in [5.74, 6) is -3.09. The Morgan fingerprint density at radius 3 is 2.14 bits per heavy atom. The highest BCUT2D eigenvalue weighted by Crippen LogP contribution is 2.36. The number of imide groups is 2. The maximum absolute atomic E-state index is 13.5. The molecule has 12 heteroatoms. The standard InChI is InChI=1S/C32H23Cl2N3O7/c33-23-14-18(15-24(34)29(23)40)12-13-35-25-9-8-22-28-20(25)2-1-3-21(28)30(41)36(31(22)42)16-17-4-6-19(7-5-17)32(43)44-37-26(38)10-11-27(37)39/h1-9,14-15,35,40H,10-13,16H2. The number of aromatic hydroxyl groups is 1. The van der Waals surface area contributed by atoms with Crippen LogP contribution in [0.25, 0.3) is 10.8 Å². The first kappa shape index (κ1) is 29.2. The normalized spacial score (nSPS) is 14.5. The molecule has 44 heavy (non-hydrogen) atoms. The highest BCUT2D eigenvalue weighted by Gasteiger charge is 2.34. The van der Waals surface area contributed by atoms with Crippen LogP contribution in [0.3, 0.4) is 0 Å². The summed E-state index contributed by atoms with van der Waals surface area (Å²) in [5.41, 5.74) is 3.03. The van der Waals surface area contributed by atoms with Crippen molar-refractivity contribution in [3.8, 4) is 5.75 Å². The second-order valence-corrected chi connectivity index (χ2v) is 11.1. The Balaban J connectivity index is 1.17. The zero-order valence-corrected chi connectivity index (χ0v) is 24.4. The molecule has 2 aliphatic heterocycles. The van der Waals surface area contributed by atoms with E-state index in [0.29, 0.717) is 40.1 Å². The lowest BCUT2D eigenvalue weighted by atomic mass is 9.92. The van der Waals surface area contributed by atoms with Crippen molar-refractivity contribution < 1.29 is 33.9 Å². The molecule has 2 aliphatic rings. The number of phenolic OH excluding ortho intramolecular Hbond substituents is 1. The maximum atomic E-state index is 13.5. The van der Waals surface area contributed by atoms with E-state index in [1.807, 2.05) is 6.07 Å². The molecule has 0 atom stereocenters. The first-order valence-corrected chi connectivity index (χ1v) is 14.4. The van der Waals surface area contributed by atoms with Crippen LogP contribution >= 0.6 is 23.2 Å². The van der Waals surface area contributed by atoms with E-state index in [9.17, 15) is 29.1 Å². The molecule has 1 fully saturated rings.